The van der Waals surface area contributed by atoms with Gasteiger partial charge in [-0.2, -0.15) is 0 Å². The molecule has 1 aromatic carbocycles. The van der Waals surface area contributed by atoms with Crippen molar-refractivity contribution in [3.63, 3.8) is 0 Å². The van der Waals surface area contributed by atoms with Crippen LogP contribution in [0.2, 0.25) is 0 Å². The van der Waals surface area contributed by atoms with E-state index in [1.165, 1.54) is 6.07 Å². The molecule has 0 bridgehead atoms. The fraction of sp³-hybridized carbons (Fsp3) is 0.417. The molecular formula is C12H18LiNO8S2. The predicted molar refractivity (Wildman–Crippen MR) is 79.9 cm³/mol. The van der Waals surface area contributed by atoms with Crippen LogP contribution in [0.1, 0.15) is 10.4 Å². The van der Waals surface area contributed by atoms with Gasteiger partial charge in [0.2, 0.25) is 0 Å². The van der Waals surface area contributed by atoms with Crippen molar-refractivity contribution in [1.82, 2.24) is 0 Å². The molecule has 9 nitrogen and oxygen atoms in total. The van der Waals surface area contributed by atoms with Crippen molar-refractivity contribution in [2.24, 2.45) is 0 Å². The fourth-order valence-electron chi connectivity index (χ4n) is 1.14. The van der Waals surface area contributed by atoms with E-state index in [9.17, 15) is 9.90 Å². The van der Waals surface area contributed by atoms with E-state index in [2.05, 4.69) is 0 Å². The molecule has 0 fully saturated rings. The van der Waals surface area contributed by atoms with Crippen LogP contribution < -0.4 is 18.9 Å². The topological polar surface area (TPSA) is 144 Å². The van der Waals surface area contributed by atoms with Gasteiger partial charge in [-0.25, -0.2) is 13.2 Å². The Morgan fingerprint density at radius 3 is 2.12 bits per heavy atom. The Morgan fingerprint density at radius 2 is 1.75 bits per heavy atom. The number of ether oxygens (including phenoxy) is 1. The van der Waals surface area contributed by atoms with E-state index in [-0.39, 0.29) is 30.2 Å². The summed E-state index contributed by atoms with van der Waals surface area (Å²) in [6.45, 7) is 1.08. The molecule has 0 saturated heterocycles. The zero-order chi connectivity index (χ0) is 18.3. The van der Waals surface area contributed by atoms with E-state index in [4.69, 9.17) is 26.5 Å². The van der Waals surface area contributed by atoms with Crippen LogP contribution in [0.4, 0.5) is 0 Å². The van der Waals surface area contributed by atoms with Gasteiger partial charge in [0, 0.05) is 0 Å². The summed E-state index contributed by atoms with van der Waals surface area (Å²) in [6, 6.07) is 6.37. The Hall–Kier alpha value is -0.933. The molecule has 0 aromatic heterocycles. The molecule has 0 aliphatic rings. The maximum atomic E-state index is 11.6. The fourth-order valence-corrected chi connectivity index (χ4v) is 1.14. The Morgan fingerprint density at radius 1 is 1.29 bits per heavy atom. The van der Waals surface area contributed by atoms with Gasteiger partial charge in [0.15, 0.2) is 9.15 Å². The molecule has 0 aliphatic heterocycles. The average Bonchev–Trinajstić information content (AvgIpc) is 2.37. The van der Waals surface area contributed by atoms with Crippen molar-refractivity contribution in [3.05, 3.63) is 29.8 Å². The number of hydrogen-bond acceptors (Lipinski definition) is 8. The third kappa shape index (κ3) is 11.6. The minimum absolute atomic E-state index is 0. The van der Waals surface area contributed by atoms with Crippen LogP contribution >= 0.6 is 0 Å². The number of phenolic OH excluding ortho intramolecular Hbond substituents is 1. The van der Waals surface area contributed by atoms with Crippen LogP contribution in [0.3, 0.4) is 0 Å². The van der Waals surface area contributed by atoms with Crippen molar-refractivity contribution in [2.75, 3.05) is 34.3 Å². The number of carbonyl (C=O) groups is 1. The normalized spacial score (nSPS) is 12.2. The molecule has 0 aliphatic carbocycles. The first-order valence-corrected chi connectivity index (χ1v) is 9.16. The van der Waals surface area contributed by atoms with Gasteiger partial charge in [-0.15, -0.1) is 0 Å². The number of para-hydroxylation sites is 1. The molecule has 12 heteroatoms. The molecule has 1 unspecified atom stereocenters. The smallest absolute Gasteiger partial charge is 0.761 e. The van der Waals surface area contributed by atoms with Crippen LogP contribution in [0.25, 0.3) is 0 Å². The second-order valence-corrected chi connectivity index (χ2v) is 8.55. The molecule has 0 spiro atoms. The van der Waals surface area contributed by atoms with Gasteiger partial charge >= 0.3 is 24.8 Å². The van der Waals surface area contributed by atoms with Gasteiger partial charge in [0.05, 0.1) is 31.3 Å². The molecular weight excluding hydrogens is 357 g/mol. The Bertz CT molecular complexity index is 657. The molecule has 1 atom stereocenters. The first kappa shape index (κ1) is 25.3. The van der Waals surface area contributed by atoms with Gasteiger partial charge < -0.3 is 23.4 Å². The van der Waals surface area contributed by atoms with Crippen LogP contribution in [0, 0.1) is 0 Å². The predicted octanol–water partition coefficient (Wildman–Crippen LogP) is -3.42. The Labute approximate surface area is 154 Å². The number of quaternary nitrogens is 1. The summed E-state index contributed by atoms with van der Waals surface area (Å²) in [4.78, 5) is 11.6. The van der Waals surface area contributed by atoms with E-state index >= 15 is 0 Å². The second-order valence-electron chi connectivity index (χ2n) is 5.28. The van der Waals surface area contributed by atoms with Crippen molar-refractivity contribution >= 4 is 25.2 Å². The molecule has 0 amide bonds. The van der Waals surface area contributed by atoms with Crippen LogP contribution in [-0.4, -0.2) is 71.6 Å². The van der Waals surface area contributed by atoms with E-state index in [0.717, 1.165) is 11.0 Å². The maximum absolute atomic E-state index is 11.6. The molecule has 132 valence electrons. The second kappa shape index (κ2) is 10.8. The number of hydrogen-bond donors (Lipinski definition) is 1. The van der Waals surface area contributed by atoms with Gasteiger partial charge in [-0.3, -0.25) is 4.21 Å². The van der Waals surface area contributed by atoms with Gasteiger partial charge in [0.1, 0.15) is 24.5 Å². The number of benzene rings is 1. The molecule has 0 saturated carbocycles. The summed E-state index contributed by atoms with van der Waals surface area (Å²) >= 11 is 0. The number of likely N-dealkylation sites (N-methyl/N-ethyl adjacent to an activating group) is 1. The molecule has 0 radical (unpaired) electrons. The summed E-state index contributed by atoms with van der Waals surface area (Å²) in [5.41, 5.74) is 0.212. The Kier molecular flexibility index (Phi) is 11.4. The van der Waals surface area contributed by atoms with Gasteiger partial charge in [0.25, 0.3) is 0 Å². The average molecular weight is 375 g/mol. The van der Waals surface area contributed by atoms with Crippen LogP contribution in [-0.2, 0) is 24.0 Å². The van der Waals surface area contributed by atoms with Gasteiger partial charge in [-0.05, 0) is 12.1 Å². The molecule has 1 rings (SSSR count). The van der Waals surface area contributed by atoms with E-state index in [1.807, 2.05) is 21.1 Å². The van der Waals surface area contributed by atoms with Crippen molar-refractivity contribution in [1.29, 1.82) is 0 Å². The zero-order valence-corrected chi connectivity index (χ0v) is 15.4. The summed E-state index contributed by atoms with van der Waals surface area (Å²) in [5.74, 6) is -0.524. The van der Waals surface area contributed by atoms with Gasteiger partial charge in [-0.1, -0.05) is 12.1 Å². The van der Waals surface area contributed by atoms with Crippen molar-refractivity contribution in [3.8, 4) is 5.75 Å². The summed E-state index contributed by atoms with van der Waals surface area (Å²) in [7, 11) is -2.53. The largest absolute Gasteiger partial charge is 1.00 e. The first-order valence-electron chi connectivity index (χ1n) is 6.16. The van der Waals surface area contributed by atoms with E-state index < -0.39 is 25.2 Å². The monoisotopic (exact) mass is 375 g/mol. The standard InChI is InChI=1S/C12H17NO3.Li.H2O5S2/c1-13(2,3)8-9-16-12(15)10-6-4-5-7-11(10)14;;1-6(2)7(3,4)5/h4-7H,8-9H2,1-3H3;;(H,1,2)(H,3,4,5)/q;+1;/p-1. The van der Waals surface area contributed by atoms with Crippen LogP contribution in [0.15, 0.2) is 24.3 Å². The number of nitrogens with zero attached hydrogens (tertiary/aromatic N) is 1. The zero-order valence-electron chi connectivity index (χ0n) is 13.8. The number of phenols is 1. The quantitative estimate of drug-likeness (QED) is 0.140. The molecule has 1 N–H and O–H groups in total. The third-order valence-electron chi connectivity index (χ3n) is 2.29. The summed E-state index contributed by atoms with van der Waals surface area (Å²) in [6.07, 6.45) is 0. The number of esters is 1. The number of carbonyl (C=O) groups excluding carboxylic acids is 1. The first-order chi connectivity index (χ1) is 10.3. The molecule has 1 aromatic rings. The molecule has 0 heterocycles. The maximum Gasteiger partial charge on any atom is 1.00 e. The summed E-state index contributed by atoms with van der Waals surface area (Å²) in [5, 5.41) is 9.44. The third-order valence-corrected chi connectivity index (χ3v) is 3.62. The number of aromatic hydroxyl groups is 1. The van der Waals surface area contributed by atoms with E-state index in [1.54, 1.807) is 18.2 Å². The minimum atomic E-state index is -5.07. The SMILES string of the molecule is C[N+](C)(C)CCOC(=O)c1ccccc1O.O=S([O-])S(=O)(=O)[O-].[Li+]. The van der Waals surface area contributed by atoms with E-state index in [0.29, 0.717) is 6.61 Å². The number of rotatable bonds is 5. The minimum Gasteiger partial charge on any atom is -0.761 e. The van der Waals surface area contributed by atoms with Crippen LogP contribution in [0.5, 0.6) is 5.75 Å². The van der Waals surface area contributed by atoms with Crippen molar-refractivity contribution < 1.29 is 59.7 Å². The Balaban J connectivity index is 0. The summed E-state index contributed by atoms with van der Waals surface area (Å²) < 4.78 is 51.5. The molecule has 24 heavy (non-hydrogen) atoms. The van der Waals surface area contributed by atoms with Crippen molar-refractivity contribution in [2.45, 2.75) is 0 Å².